The lowest BCUT2D eigenvalue weighted by molar-refractivity contribution is 0.358. The first-order valence-corrected chi connectivity index (χ1v) is 8.34. The highest BCUT2D eigenvalue weighted by Gasteiger charge is 2.11. The van der Waals surface area contributed by atoms with E-state index in [-0.39, 0.29) is 0 Å². The second-order valence-corrected chi connectivity index (χ2v) is 8.75. The standard InChI is InChI=1S/C12H18OSi/c1-14(2,3)13-11-7-10-12-8-5-4-6-9-12/h4-10H,11H2,1-3H3. The molecule has 0 aromatic heterocycles. The molecule has 0 N–H and O–H groups in total. The lowest BCUT2D eigenvalue weighted by Gasteiger charge is -2.14. The van der Waals surface area contributed by atoms with Crippen LogP contribution in [0.15, 0.2) is 36.4 Å². The van der Waals surface area contributed by atoms with Gasteiger partial charge >= 0.3 is 0 Å². The lowest BCUT2D eigenvalue weighted by Crippen LogP contribution is -2.25. The molecule has 0 radical (unpaired) electrons. The van der Waals surface area contributed by atoms with Crippen molar-refractivity contribution in [1.82, 2.24) is 0 Å². The minimum Gasteiger partial charge on any atom is -0.414 e. The van der Waals surface area contributed by atoms with Crippen LogP contribution >= 0.6 is 0 Å². The zero-order chi connectivity index (χ0) is 10.4. The highest BCUT2D eigenvalue weighted by atomic mass is 28.4. The first kappa shape index (κ1) is 11.2. The Balaban J connectivity index is 2.35. The molecule has 14 heavy (non-hydrogen) atoms. The van der Waals surface area contributed by atoms with Gasteiger partial charge in [-0.05, 0) is 25.2 Å². The third kappa shape index (κ3) is 4.99. The molecule has 0 bridgehead atoms. The molecule has 0 aliphatic heterocycles. The summed E-state index contributed by atoms with van der Waals surface area (Å²) in [6.07, 6.45) is 4.17. The summed E-state index contributed by atoms with van der Waals surface area (Å²) in [5.41, 5.74) is 1.23. The van der Waals surface area contributed by atoms with E-state index in [2.05, 4.69) is 43.9 Å². The number of hydrogen-bond acceptors (Lipinski definition) is 1. The average Bonchev–Trinajstić information content (AvgIpc) is 2.13. The van der Waals surface area contributed by atoms with E-state index in [1.807, 2.05) is 18.2 Å². The predicted molar refractivity (Wildman–Crippen MR) is 64.8 cm³/mol. The predicted octanol–water partition coefficient (Wildman–Crippen LogP) is 3.55. The SMILES string of the molecule is C[Si](C)(C)OCC=Cc1ccccc1. The molecule has 1 nitrogen and oxygen atoms in total. The van der Waals surface area contributed by atoms with E-state index in [1.165, 1.54) is 5.56 Å². The molecule has 0 fully saturated rings. The maximum absolute atomic E-state index is 5.70. The molecule has 0 unspecified atom stereocenters. The van der Waals surface area contributed by atoms with Crippen LogP contribution in [-0.4, -0.2) is 14.9 Å². The van der Waals surface area contributed by atoms with Crippen LogP contribution in [0.2, 0.25) is 19.6 Å². The summed E-state index contributed by atoms with van der Waals surface area (Å²) in [5, 5.41) is 0. The summed E-state index contributed by atoms with van der Waals surface area (Å²) in [5.74, 6) is 0. The summed E-state index contributed by atoms with van der Waals surface area (Å²) in [6.45, 7) is 7.32. The molecule has 0 amide bonds. The van der Waals surface area contributed by atoms with E-state index < -0.39 is 8.32 Å². The Labute approximate surface area is 87.5 Å². The Morgan fingerprint density at radius 2 is 1.79 bits per heavy atom. The third-order valence-corrected chi connectivity index (χ3v) is 2.76. The van der Waals surface area contributed by atoms with Gasteiger partial charge < -0.3 is 4.43 Å². The molecule has 0 saturated heterocycles. The lowest BCUT2D eigenvalue weighted by atomic mass is 10.2. The average molecular weight is 206 g/mol. The Bertz CT molecular complexity index is 285. The van der Waals surface area contributed by atoms with Gasteiger partial charge in [-0.2, -0.15) is 0 Å². The van der Waals surface area contributed by atoms with Gasteiger partial charge in [0.05, 0.1) is 6.61 Å². The van der Waals surface area contributed by atoms with Crippen molar-refractivity contribution in [3.05, 3.63) is 42.0 Å². The monoisotopic (exact) mass is 206 g/mol. The van der Waals surface area contributed by atoms with Gasteiger partial charge in [-0.3, -0.25) is 0 Å². The van der Waals surface area contributed by atoms with Crippen molar-refractivity contribution >= 4 is 14.4 Å². The molecular weight excluding hydrogens is 188 g/mol. The van der Waals surface area contributed by atoms with Crippen molar-refractivity contribution in [2.45, 2.75) is 19.6 Å². The second-order valence-electron chi connectivity index (χ2n) is 4.24. The Kier molecular flexibility index (Phi) is 4.11. The topological polar surface area (TPSA) is 9.23 Å². The summed E-state index contributed by atoms with van der Waals surface area (Å²) >= 11 is 0. The maximum atomic E-state index is 5.70. The molecule has 0 heterocycles. The van der Waals surface area contributed by atoms with E-state index >= 15 is 0 Å². The second kappa shape index (κ2) is 5.13. The highest BCUT2D eigenvalue weighted by Crippen LogP contribution is 2.04. The molecule has 1 aromatic rings. The van der Waals surface area contributed by atoms with E-state index in [0.717, 1.165) is 6.61 Å². The fraction of sp³-hybridized carbons (Fsp3) is 0.333. The molecule has 0 aliphatic rings. The molecule has 0 atom stereocenters. The van der Waals surface area contributed by atoms with E-state index in [9.17, 15) is 0 Å². The van der Waals surface area contributed by atoms with Gasteiger partial charge in [-0.1, -0.05) is 42.5 Å². The van der Waals surface area contributed by atoms with Crippen LogP contribution in [-0.2, 0) is 4.43 Å². The van der Waals surface area contributed by atoms with Crippen molar-refractivity contribution in [2.24, 2.45) is 0 Å². The fourth-order valence-corrected chi connectivity index (χ4v) is 1.64. The largest absolute Gasteiger partial charge is 0.414 e. The third-order valence-electron chi connectivity index (χ3n) is 1.72. The molecule has 1 rings (SSSR count). The number of hydrogen-bond donors (Lipinski definition) is 0. The zero-order valence-electron chi connectivity index (χ0n) is 9.16. The molecule has 0 aliphatic carbocycles. The van der Waals surface area contributed by atoms with Gasteiger partial charge in [-0.15, -0.1) is 0 Å². The van der Waals surface area contributed by atoms with Crippen LogP contribution in [0.4, 0.5) is 0 Å². The van der Waals surface area contributed by atoms with E-state index in [4.69, 9.17) is 4.43 Å². The first-order chi connectivity index (χ1) is 6.58. The van der Waals surface area contributed by atoms with Gasteiger partial charge in [0.2, 0.25) is 0 Å². The minimum atomic E-state index is -1.35. The highest BCUT2D eigenvalue weighted by molar-refractivity contribution is 6.69. The normalized spacial score (nSPS) is 12.2. The van der Waals surface area contributed by atoms with Crippen LogP contribution < -0.4 is 0 Å². The molecule has 1 aromatic carbocycles. The Morgan fingerprint density at radius 3 is 2.36 bits per heavy atom. The van der Waals surface area contributed by atoms with Crippen LogP contribution in [0.5, 0.6) is 0 Å². The van der Waals surface area contributed by atoms with Crippen molar-refractivity contribution in [1.29, 1.82) is 0 Å². The zero-order valence-corrected chi connectivity index (χ0v) is 10.2. The molecule has 76 valence electrons. The van der Waals surface area contributed by atoms with E-state index in [1.54, 1.807) is 0 Å². The van der Waals surface area contributed by atoms with E-state index in [0.29, 0.717) is 0 Å². The summed E-state index contributed by atoms with van der Waals surface area (Å²) in [6, 6.07) is 10.3. The minimum absolute atomic E-state index is 0.727. The van der Waals surface area contributed by atoms with Crippen LogP contribution in [0.25, 0.3) is 6.08 Å². The van der Waals surface area contributed by atoms with Crippen molar-refractivity contribution in [3.8, 4) is 0 Å². The number of benzene rings is 1. The summed E-state index contributed by atoms with van der Waals surface area (Å²) < 4.78 is 5.70. The molecular formula is C12H18OSi. The van der Waals surface area contributed by atoms with Crippen molar-refractivity contribution in [2.75, 3.05) is 6.61 Å². The Hall–Kier alpha value is -0.863. The van der Waals surface area contributed by atoms with Crippen LogP contribution in [0, 0.1) is 0 Å². The van der Waals surface area contributed by atoms with Gasteiger partial charge in [0, 0.05) is 0 Å². The summed E-state index contributed by atoms with van der Waals surface area (Å²) in [4.78, 5) is 0. The number of rotatable bonds is 4. The van der Waals surface area contributed by atoms with Crippen molar-refractivity contribution < 1.29 is 4.43 Å². The van der Waals surface area contributed by atoms with Gasteiger partial charge in [-0.25, -0.2) is 0 Å². The molecule has 0 saturated carbocycles. The van der Waals surface area contributed by atoms with Crippen LogP contribution in [0.3, 0.4) is 0 Å². The van der Waals surface area contributed by atoms with Gasteiger partial charge in [0.15, 0.2) is 8.32 Å². The van der Waals surface area contributed by atoms with Crippen molar-refractivity contribution in [3.63, 3.8) is 0 Å². The van der Waals surface area contributed by atoms with Gasteiger partial charge in [0.1, 0.15) is 0 Å². The van der Waals surface area contributed by atoms with Crippen LogP contribution in [0.1, 0.15) is 5.56 Å². The fourth-order valence-electron chi connectivity index (χ4n) is 1.05. The smallest absolute Gasteiger partial charge is 0.184 e. The first-order valence-electron chi connectivity index (χ1n) is 4.93. The van der Waals surface area contributed by atoms with Gasteiger partial charge in [0.25, 0.3) is 0 Å². The quantitative estimate of drug-likeness (QED) is 0.685. The Morgan fingerprint density at radius 1 is 1.14 bits per heavy atom. The molecule has 2 heteroatoms. The maximum Gasteiger partial charge on any atom is 0.184 e. The molecule has 0 spiro atoms. The summed E-state index contributed by atoms with van der Waals surface area (Å²) in [7, 11) is -1.35.